The van der Waals surface area contributed by atoms with Gasteiger partial charge in [-0.1, -0.05) is 0 Å². The smallest absolute Gasteiger partial charge is 0.248 e. The van der Waals surface area contributed by atoms with Crippen LogP contribution >= 0.6 is 0 Å². The second-order valence-electron chi connectivity index (χ2n) is 3.67. The Balaban J connectivity index is 2.05. The van der Waals surface area contributed by atoms with Gasteiger partial charge < -0.3 is 5.32 Å². The number of allylic oxidation sites excluding steroid dienone is 1. The minimum absolute atomic E-state index is 0.00319. The minimum Gasteiger partial charge on any atom is -0.350 e. The van der Waals surface area contributed by atoms with Gasteiger partial charge in [0.2, 0.25) is 5.91 Å². The molecule has 0 aliphatic heterocycles. The van der Waals surface area contributed by atoms with Crippen molar-refractivity contribution in [1.82, 2.24) is 5.32 Å². The molecule has 0 aromatic heterocycles. The Morgan fingerprint density at radius 1 is 1.46 bits per heavy atom. The summed E-state index contributed by atoms with van der Waals surface area (Å²) in [6.07, 6.45) is 4.71. The van der Waals surface area contributed by atoms with Crippen LogP contribution in [0.25, 0.3) is 0 Å². The van der Waals surface area contributed by atoms with E-state index < -0.39 is 0 Å². The van der Waals surface area contributed by atoms with Gasteiger partial charge in [0.05, 0.1) is 6.07 Å². The van der Waals surface area contributed by atoms with Gasteiger partial charge in [0.1, 0.15) is 0 Å². The van der Waals surface area contributed by atoms with Gasteiger partial charge in [-0.25, -0.2) is 0 Å². The van der Waals surface area contributed by atoms with Gasteiger partial charge in [0.25, 0.3) is 0 Å². The Labute approximate surface area is 77.4 Å². The SMILES string of the molecule is N#CC1=C(C(=O)NC2CC2)CCC1. The highest BCUT2D eigenvalue weighted by atomic mass is 16.1. The normalized spacial score (nSPS) is 21.5. The number of hydrogen-bond donors (Lipinski definition) is 1. The lowest BCUT2D eigenvalue weighted by Gasteiger charge is -2.03. The molecule has 1 fully saturated rings. The van der Waals surface area contributed by atoms with Crippen molar-refractivity contribution in [1.29, 1.82) is 5.26 Å². The Morgan fingerprint density at radius 3 is 2.85 bits per heavy atom. The van der Waals surface area contributed by atoms with Gasteiger partial charge in [-0.3, -0.25) is 4.79 Å². The average Bonchev–Trinajstić information content (AvgIpc) is 2.82. The highest BCUT2D eigenvalue weighted by Gasteiger charge is 2.27. The fraction of sp³-hybridized carbons (Fsp3) is 0.600. The standard InChI is InChI=1S/C10H12N2O/c11-6-7-2-1-3-9(7)10(13)12-8-4-5-8/h8H,1-5H2,(H,12,13). The Morgan fingerprint density at radius 2 is 2.23 bits per heavy atom. The van der Waals surface area contributed by atoms with Crippen LogP contribution in [0.2, 0.25) is 0 Å². The number of carbonyl (C=O) groups excluding carboxylic acids is 1. The summed E-state index contributed by atoms with van der Waals surface area (Å²) in [5.41, 5.74) is 1.42. The fourth-order valence-electron chi connectivity index (χ4n) is 1.62. The van der Waals surface area contributed by atoms with Crippen LogP contribution in [0, 0.1) is 11.3 Å². The van der Waals surface area contributed by atoms with Crippen molar-refractivity contribution < 1.29 is 4.79 Å². The van der Waals surface area contributed by atoms with Crippen LogP contribution in [-0.2, 0) is 4.79 Å². The van der Waals surface area contributed by atoms with Crippen LogP contribution in [0.4, 0.5) is 0 Å². The minimum atomic E-state index is -0.00319. The molecule has 2 aliphatic carbocycles. The molecule has 3 heteroatoms. The molecule has 0 bridgehead atoms. The molecule has 13 heavy (non-hydrogen) atoms. The molecule has 1 amide bonds. The van der Waals surface area contributed by atoms with E-state index in [1.54, 1.807) is 0 Å². The first-order valence-electron chi connectivity index (χ1n) is 4.74. The van der Waals surface area contributed by atoms with E-state index in [-0.39, 0.29) is 5.91 Å². The Kier molecular flexibility index (Phi) is 2.05. The highest BCUT2D eigenvalue weighted by Crippen LogP contribution is 2.27. The number of hydrogen-bond acceptors (Lipinski definition) is 2. The molecule has 0 heterocycles. The highest BCUT2D eigenvalue weighted by molar-refractivity contribution is 5.95. The van der Waals surface area contributed by atoms with Crippen LogP contribution in [0.3, 0.4) is 0 Å². The zero-order valence-electron chi connectivity index (χ0n) is 7.47. The average molecular weight is 176 g/mol. The van der Waals surface area contributed by atoms with Gasteiger partial charge in [-0.2, -0.15) is 5.26 Å². The van der Waals surface area contributed by atoms with Crippen LogP contribution in [0.15, 0.2) is 11.1 Å². The van der Waals surface area contributed by atoms with Crippen molar-refractivity contribution >= 4 is 5.91 Å². The maximum Gasteiger partial charge on any atom is 0.248 e. The van der Waals surface area contributed by atoms with E-state index >= 15 is 0 Å². The van der Waals surface area contributed by atoms with Crippen molar-refractivity contribution in [3.63, 3.8) is 0 Å². The molecule has 0 atom stereocenters. The van der Waals surface area contributed by atoms with Crippen LogP contribution in [0.5, 0.6) is 0 Å². The molecule has 0 saturated heterocycles. The summed E-state index contributed by atoms with van der Waals surface area (Å²) in [5.74, 6) is -0.00319. The van der Waals surface area contributed by atoms with Crippen molar-refractivity contribution in [2.75, 3.05) is 0 Å². The first-order chi connectivity index (χ1) is 6.31. The van der Waals surface area contributed by atoms with Gasteiger partial charge >= 0.3 is 0 Å². The summed E-state index contributed by atoms with van der Waals surface area (Å²) >= 11 is 0. The number of nitrogens with one attached hydrogen (secondary N) is 1. The van der Waals surface area contributed by atoms with Crippen LogP contribution < -0.4 is 5.32 Å². The molecule has 1 saturated carbocycles. The second kappa shape index (κ2) is 3.21. The molecule has 0 aromatic rings. The summed E-state index contributed by atoms with van der Waals surface area (Å²) in [6.45, 7) is 0. The molecule has 0 spiro atoms. The third-order valence-electron chi connectivity index (χ3n) is 2.54. The van der Waals surface area contributed by atoms with Crippen molar-refractivity contribution in [2.45, 2.75) is 38.1 Å². The molecule has 0 unspecified atom stereocenters. The summed E-state index contributed by atoms with van der Waals surface area (Å²) in [5, 5.41) is 11.7. The Bertz CT molecular complexity index is 307. The lowest BCUT2D eigenvalue weighted by atomic mass is 10.1. The number of nitriles is 1. The first-order valence-corrected chi connectivity index (χ1v) is 4.74. The van der Waals surface area contributed by atoms with E-state index in [0.717, 1.165) is 37.7 Å². The van der Waals surface area contributed by atoms with E-state index in [1.807, 2.05) is 0 Å². The van der Waals surface area contributed by atoms with E-state index in [0.29, 0.717) is 11.6 Å². The van der Waals surface area contributed by atoms with Crippen LogP contribution in [-0.4, -0.2) is 11.9 Å². The third kappa shape index (κ3) is 1.72. The van der Waals surface area contributed by atoms with E-state index in [4.69, 9.17) is 5.26 Å². The fourth-order valence-corrected chi connectivity index (χ4v) is 1.62. The topological polar surface area (TPSA) is 52.9 Å². The first kappa shape index (κ1) is 8.31. The largest absolute Gasteiger partial charge is 0.350 e. The summed E-state index contributed by atoms with van der Waals surface area (Å²) < 4.78 is 0. The summed E-state index contributed by atoms with van der Waals surface area (Å²) in [6, 6.07) is 2.50. The molecule has 1 N–H and O–H groups in total. The molecule has 2 rings (SSSR count). The number of nitrogens with zero attached hydrogens (tertiary/aromatic N) is 1. The van der Waals surface area contributed by atoms with Crippen molar-refractivity contribution in [2.24, 2.45) is 0 Å². The van der Waals surface area contributed by atoms with Gasteiger partial charge in [-0.15, -0.1) is 0 Å². The maximum atomic E-state index is 11.5. The zero-order valence-corrected chi connectivity index (χ0v) is 7.47. The quantitative estimate of drug-likeness (QED) is 0.688. The van der Waals surface area contributed by atoms with Gasteiger partial charge in [-0.05, 0) is 32.1 Å². The molecule has 0 radical (unpaired) electrons. The predicted molar refractivity (Wildman–Crippen MR) is 47.7 cm³/mol. The van der Waals surface area contributed by atoms with Gasteiger partial charge in [0.15, 0.2) is 0 Å². The third-order valence-corrected chi connectivity index (χ3v) is 2.54. The second-order valence-corrected chi connectivity index (χ2v) is 3.67. The molecule has 3 nitrogen and oxygen atoms in total. The number of carbonyl (C=O) groups is 1. The zero-order chi connectivity index (χ0) is 9.26. The molecule has 0 aromatic carbocycles. The lowest BCUT2D eigenvalue weighted by molar-refractivity contribution is -0.117. The molecule has 68 valence electrons. The molecule has 2 aliphatic rings. The molecular formula is C10H12N2O. The summed E-state index contributed by atoms with van der Waals surface area (Å²) in [4.78, 5) is 11.5. The monoisotopic (exact) mass is 176 g/mol. The van der Waals surface area contributed by atoms with Crippen LogP contribution in [0.1, 0.15) is 32.1 Å². The summed E-state index contributed by atoms with van der Waals surface area (Å²) in [7, 11) is 0. The van der Waals surface area contributed by atoms with Gasteiger partial charge in [0, 0.05) is 17.2 Å². The van der Waals surface area contributed by atoms with E-state index in [9.17, 15) is 4.79 Å². The maximum absolute atomic E-state index is 11.5. The van der Waals surface area contributed by atoms with E-state index in [2.05, 4.69) is 11.4 Å². The molecular weight excluding hydrogens is 164 g/mol. The van der Waals surface area contributed by atoms with Crippen molar-refractivity contribution in [3.8, 4) is 6.07 Å². The van der Waals surface area contributed by atoms with Crippen molar-refractivity contribution in [3.05, 3.63) is 11.1 Å². The van der Waals surface area contributed by atoms with E-state index in [1.165, 1.54) is 0 Å². The number of rotatable bonds is 2. The number of amides is 1. The lowest BCUT2D eigenvalue weighted by Crippen LogP contribution is -2.26. The Hall–Kier alpha value is -1.30. The predicted octanol–water partition coefficient (Wildman–Crippen LogP) is 1.27.